The van der Waals surface area contributed by atoms with Crippen LogP contribution in [0.1, 0.15) is 43.8 Å². The molecule has 0 fully saturated rings. The van der Waals surface area contributed by atoms with Crippen LogP contribution in [0.3, 0.4) is 0 Å². The summed E-state index contributed by atoms with van der Waals surface area (Å²) in [6.07, 6.45) is 1.81. The first-order chi connectivity index (χ1) is 17.6. The summed E-state index contributed by atoms with van der Waals surface area (Å²) in [5.41, 5.74) is 4.16. The van der Waals surface area contributed by atoms with Crippen LogP contribution in [-0.2, 0) is 6.42 Å². The molecule has 4 aromatic carbocycles. The Bertz CT molecular complexity index is 1400. The van der Waals surface area contributed by atoms with E-state index in [1.807, 2.05) is 60.7 Å². The van der Waals surface area contributed by atoms with Crippen LogP contribution in [0.5, 0.6) is 0 Å². The number of benzene rings is 4. The molecule has 0 bridgehead atoms. The Kier molecular flexibility index (Phi) is 8.14. The number of nitrogens with one attached hydrogen (secondary N) is 2. The molecule has 0 radical (unpaired) electrons. The number of carboxylic acids is 1. The van der Waals surface area contributed by atoms with E-state index in [0.29, 0.717) is 23.4 Å². The van der Waals surface area contributed by atoms with Crippen LogP contribution in [0.2, 0.25) is 0 Å². The number of aromatic carboxylic acids is 1. The maximum absolute atomic E-state index is 13.3. The van der Waals surface area contributed by atoms with E-state index in [9.17, 15) is 14.7 Å². The van der Waals surface area contributed by atoms with Gasteiger partial charge in [0.05, 0.1) is 16.8 Å². The van der Waals surface area contributed by atoms with E-state index in [0.717, 1.165) is 18.4 Å². The molecule has 5 nitrogen and oxygen atoms in total. The quantitative estimate of drug-likeness (QED) is 0.214. The van der Waals surface area contributed by atoms with Crippen molar-refractivity contribution in [1.29, 1.82) is 0 Å². The van der Waals surface area contributed by atoms with Gasteiger partial charge in [-0.1, -0.05) is 72.5 Å². The minimum absolute atomic E-state index is 0.0308. The highest BCUT2D eigenvalue weighted by molar-refractivity contribution is 6.10. The fourth-order valence-corrected chi connectivity index (χ4v) is 3.76. The minimum Gasteiger partial charge on any atom is -0.478 e. The first kappa shape index (κ1) is 24.3. The molecule has 0 heterocycles. The lowest BCUT2D eigenvalue weighted by atomic mass is 10.1. The molecule has 1 amide bonds. The van der Waals surface area contributed by atoms with Gasteiger partial charge in [-0.3, -0.25) is 4.79 Å². The first-order valence-corrected chi connectivity index (χ1v) is 11.7. The molecule has 0 aliphatic heterocycles. The maximum atomic E-state index is 13.3. The molecule has 5 heteroatoms. The van der Waals surface area contributed by atoms with Crippen LogP contribution in [0.25, 0.3) is 0 Å². The largest absolute Gasteiger partial charge is 0.478 e. The van der Waals surface area contributed by atoms with Crippen molar-refractivity contribution in [3.05, 3.63) is 131 Å². The topological polar surface area (TPSA) is 78.4 Å². The average molecular weight is 475 g/mol. The van der Waals surface area contributed by atoms with Gasteiger partial charge in [0, 0.05) is 23.4 Å². The van der Waals surface area contributed by atoms with E-state index in [-0.39, 0.29) is 11.3 Å². The Hall–Kier alpha value is -4.82. The molecule has 0 saturated carbocycles. The van der Waals surface area contributed by atoms with Gasteiger partial charge in [0.25, 0.3) is 5.91 Å². The Morgan fingerprint density at radius 1 is 0.694 bits per heavy atom. The smallest absolute Gasteiger partial charge is 0.337 e. The van der Waals surface area contributed by atoms with Crippen LogP contribution >= 0.6 is 0 Å². The van der Waals surface area contributed by atoms with Crippen molar-refractivity contribution in [2.75, 3.05) is 17.2 Å². The van der Waals surface area contributed by atoms with Gasteiger partial charge in [-0.05, 0) is 60.9 Å². The number of aryl methyl sites for hydroxylation is 1. The lowest BCUT2D eigenvalue weighted by molar-refractivity contribution is 0.0698. The Morgan fingerprint density at radius 2 is 1.36 bits per heavy atom. The number of anilines is 2. The highest BCUT2D eigenvalue weighted by Gasteiger charge is 2.16. The van der Waals surface area contributed by atoms with E-state index in [1.54, 1.807) is 24.3 Å². The van der Waals surface area contributed by atoms with Gasteiger partial charge in [0.1, 0.15) is 0 Å². The third-order valence-corrected chi connectivity index (χ3v) is 5.60. The van der Waals surface area contributed by atoms with Crippen LogP contribution in [-0.4, -0.2) is 23.5 Å². The molecular formula is C31H26N2O3. The average Bonchev–Trinajstić information content (AvgIpc) is 2.91. The summed E-state index contributed by atoms with van der Waals surface area (Å²) in [4.78, 5) is 24.9. The first-order valence-electron chi connectivity index (χ1n) is 11.7. The summed E-state index contributed by atoms with van der Waals surface area (Å²) in [6.45, 7) is 0.677. The summed E-state index contributed by atoms with van der Waals surface area (Å²) >= 11 is 0. The molecule has 4 aromatic rings. The highest BCUT2D eigenvalue weighted by Crippen LogP contribution is 2.22. The number of carboxylic acid groups (broad SMARTS) is 1. The predicted molar refractivity (Wildman–Crippen MR) is 143 cm³/mol. The SMILES string of the molecule is O=C(O)c1ccccc1NC(=O)c1cc(C#Cc2ccccc2)ccc1NCCCc1ccccc1. The Labute approximate surface area is 210 Å². The predicted octanol–water partition coefficient (Wildman–Crippen LogP) is 6.08. The monoisotopic (exact) mass is 474 g/mol. The number of hydrogen-bond donors (Lipinski definition) is 3. The van der Waals surface area contributed by atoms with Crippen molar-refractivity contribution in [3.8, 4) is 11.8 Å². The fourth-order valence-electron chi connectivity index (χ4n) is 3.76. The van der Waals surface area contributed by atoms with Crippen LogP contribution < -0.4 is 10.6 Å². The molecule has 178 valence electrons. The molecule has 0 unspecified atom stereocenters. The van der Waals surface area contributed by atoms with Crippen molar-refractivity contribution in [2.24, 2.45) is 0 Å². The van der Waals surface area contributed by atoms with Crippen molar-refractivity contribution in [1.82, 2.24) is 0 Å². The second-order valence-corrected chi connectivity index (χ2v) is 8.20. The van der Waals surface area contributed by atoms with E-state index >= 15 is 0 Å². The summed E-state index contributed by atoms with van der Waals surface area (Å²) in [7, 11) is 0. The number of rotatable bonds is 8. The molecule has 0 spiro atoms. The standard InChI is InChI=1S/C31H26N2O3/c34-30(33-29-16-8-7-15-26(29)31(35)36)27-22-25(18-17-24-12-5-2-6-13-24)19-20-28(27)32-21-9-14-23-10-3-1-4-11-23/h1-8,10-13,15-16,19-20,22,32H,9,14,21H2,(H,33,34)(H,35,36). The van der Waals surface area contributed by atoms with E-state index in [4.69, 9.17) is 0 Å². The van der Waals surface area contributed by atoms with Gasteiger partial charge >= 0.3 is 5.97 Å². The lowest BCUT2D eigenvalue weighted by Gasteiger charge is -2.14. The molecule has 0 aliphatic rings. The van der Waals surface area contributed by atoms with Crippen LogP contribution in [0, 0.1) is 11.8 Å². The second kappa shape index (κ2) is 12.0. The highest BCUT2D eigenvalue weighted by atomic mass is 16.4. The molecule has 0 aliphatic carbocycles. The number of para-hydroxylation sites is 1. The molecule has 0 aromatic heterocycles. The van der Waals surface area contributed by atoms with Crippen molar-refractivity contribution in [2.45, 2.75) is 12.8 Å². The third-order valence-electron chi connectivity index (χ3n) is 5.60. The molecule has 0 atom stereocenters. The molecule has 4 rings (SSSR count). The molecular weight excluding hydrogens is 448 g/mol. The zero-order valence-corrected chi connectivity index (χ0v) is 19.7. The Morgan fingerprint density at radius 3 is 2.11 bits per heavy atom. The van der Waals surface area contributed by atoms with Crippen LogP contribution in [0.15, 0.2) is 103 Å². The summed E-state index contributed by atoms with van der Waals surface area (Å²) in [5, 5.41) is 15.6. The number of carbonyl (C=O) groups is 2. The van der Waals surface area contributed by atoms with Gasteiger partial charge in [0.15, 0.2) is 0 Å². The fraction of sp³-hybridized carbons (Fsp3) is 0.0968. The minimum atomic E-state index is -1.10. The van der Waals surface area contributed by atoms with Crippen molar-refractivity contribution >= 4 is 23.3 Å². The molecule has 36 heavy (non-hydrogen) atoms. The van der Waals surface area contributed by atoms with Gasteiger partial charge in [0.2, 0.25) is 0 Å². The lowest BCUT2D eigenvalue weighted by Crippen LogP contribution is -2.17. The number of amides is 1. The molecule has 0 saturated heterocycles. The van der Waals surface area contributed by atoms with Gasteiger partial charge < -0.3 is 15.7 Å². The van der Waals surface area contributed by atoms with E-state index in [2.05, 4.69) is 34.6 Å². The second-order valence-electron chi connectivity index (χ2n) is 8.20. The third kappa shape index (κ3) is 6.62. The number of hydrogen-bond acceptors (Lipinski definition) is 3. The zero-order valence-electron chi connectivity index (χ0n) is 19.7. The van der Waals surface area contributed by atoms with E-state index in [1.165, 1.54) is 11.6 Å². The van der Waals surface area contributed by atoms with Crippen LogP contribution in [0.4, 0.5) is 11.4 Å². The van der Waals surface area contributed by atoms with E-state index < -0.39 is 11.9 Å². The number of carbonyl (C=O) groups excluding carboxylic acids is 1. The van der Waals surface area contributed by atoms with Gasteiger partial charge in [-0.15, -0.1) is 0 Å². The zero-order chi connectivity index (χ0) is 25.2. The summed E-state index contributed by atoms with van der Waals surface area (Å²) in [5.74, 6) is 4.72. The summed E-state index contributed by atoms with van der Waals surface area (Å²) in [6, 6.07) is 31.7. The van der Waals surface area contributed by atoms with Crippen molar-refractivity contribution in [3.63, 3.8) is 0 Å². The maximum Gasteiger partial charge on any atom is 0.337 e. The van der Waals surface area contributed by atoms with Crippen molar-refractivity contribution < 1.29 is 14.7 Å². The summed E-state index contributed by atoms with van der Waals surface area (Å²) < 4.78 is 0. The van der Waals surface area contributed by atoms with Gasteiger partial charge in [-0.25, -0.2) is 4.79 Å². The normalized spacial score (nSPS) is 10.1. The Balaban J connectivity index is 1.56. The van der Waals surface area contributed by atoms with Gasteiger partial charge in [-0.2, -0.15) is 0 Å². The molecule has 3 N–H and O–H groups in total.